The van der Waals surface area contributed by atoms with Crippen molar-refractivity contribution in [2.45, 2.75) is 115 Å². The van der Waals surface area contributed by atoms with E-state index in [-0.39, 0.29) is 5.60 Å². The van der Waals surface area contributed by atoms with E-state index < -0.39 is 0 Å². The number of unbranched alkanes of at least 4 members (excludes halogenated alkanes) is 13. The van der Waals surface area contributed by atoms with Gasteiger partial charge in [-0.05, 0) is 10.3 Å². The number of morpholine rings is 1. The predicted molar refractivity (Wildman–Crippen MR) is 123 cm³/mol. The highest BCUT2D eigenvalue weighted by Gasteiger charge is 2.31. The number of hydrogen-bond acceptors (Lipinski definition) is 2. The molecule has 1 saturated heterocycles. The summed E-state index contributed by atoms with van der Waals surface area (Å²) in [6.45, 7) is 5.08. The molecule has 0 spiro atoms. The van der Waals surface area contributed by atoms with Crippen LogP contribution >= 0.6 is 22.6 Å². The average molecular weight is 475 g/mol. The van der Waals surface area contributed by atoms with Crippen molar-refractivity contribution in [1.82, 2.24) is 5.32 Å². The molecule has 0 bridgehead atoms. The average Bonchev–Trinajstić information content (AvgIpc) is 2.67. The van der Waals surface area contributed by atoms with Crippen LogP contribution in [-0.2, 0) is 4.74 Å². The Bertz CT molecular complexity index is 368. The lowest BCUT2D eigenvalue weighted by atomic mass is 9.91. The second-order valence-electron chi connectivity index (χ2n) is 8.00. The first-order chi connectivity index (χ1) is 12.8. The molecule has 1 unspecified atom stereocenters. The fourth-order valence-corrected chi connectivity index (χ4v) is 4.10. The second kappa shape index (κ2) is 17.3. The fraction of sp³-hybridized carbons (Fsp3) is 0.913. The van der Waals surface area contributed by atoms with E-state index in [2.05, 4.69) is 44.7 Å². The zero-order valence-electron chi connectivity index (χ0n) is 17.2. The highest BCUT2D eigenvalue weighted by atomic mass is 127. The van der Waals surface area contributed by atoms with E-state index in [1.807, 2.05) is 0 Å². The van der Waals surface area contributed by atoms with Crippen molar-refractivity contribution in [3.63, 3.8) is 0 Å². The molecule has 0 aromatic rings. The van der Waals surface area contributed by atoms with Crippen molar-refractivity contribution in [2.75, 3.05) is 19.7 Å². The largest absolute Gasteiger partial charge is 0.371 e. The van der Waals surface area contributed by atoms with Crippen molar-refractivity contribution < 1.29 is 4.74 Å². The third kappa shape index (κ3) is 12.6. The first kappa shape index (κ1) is 24.2. The van der Waals surface area contributed by atoms with Crippen LogP contribution < -0.4 is 5.32 Å². The van der Waals surface area contributed by atoms with Crippen LogP contribution in [0.5, 0.6) is 0 Å². The van der Waals surface area contributed by atoms with Gasteiger partial charge in [0.2, 0.25) is 0 Å². The minimum Gasteiger partial charge on any atom is -0.371 e. The summed E-state index contributed by atoms with van der Waals surface area (Å²) in [5, 5.41) is 3.49. The highest BCUT2D eigenvalue weighted by Crippen LogP contribution is 2.25. The minimum atomic E-state index is -0.0203. The standard InChI is InChI=1S/C23H42INO/c1-2-3-4-5-6-7-8-9-10-11-12-13-14-15-17-23(18-16-19-24)22-25-20-21-26-23/h25H,2-15,17-18,20-22H2,1H3. The van der Waals surface area contributed by atoms with Crippen LogP contribution in [0.15, 0.2) is 0 Å². The maximum Gasteiger partial charge on any atom is 0.0915 e. The second-order valence-corrected chi connectivity index (χ2v) is 8.54. The quantitative estimate of drug-likeness (QED) is 0.147. The van der Waals surface area contributed by atoms with Gasteiger partial charge in [-0.25, -0.2) is 0 Å². The van der Waals surface area contributed by atoms with Gasteiger partial charge < -0.3 is 10.1 Å². The molecule has 2 nitrogen and oxygen atoms in total. The van der Waals surface area contributed by atoms with Crippen molar-refractivity contribution in [3.8, 4) is 9.85 Å². The van der Waals surface area contributed by atoms with E-state index in [1.54, 1.807) is 0 Å². The Morgan fingerprint density at radius 1 is 0.846 bits per heavy atom. The van der Waals surface area contributed by atoms with Crippen LogP contribution in [0.1, 0.15) is 110 Å². The van der Waals surface area contributed by atoms with Crippen molar-refractivity contribution in [3.05, 3.63) is 0 Å². The maximum absolute atomic E-state index is 6.11. The molecule has 0 aliphatic carbocycles. The molecule has 1 rings (SSSR count). The zero-order chi connectivity index (χ0) is 18.8. The van der Waals surface area contributed by atoms with Gasteiger partial charge in [-0.2, -0.15) is 0 Å². The van der Waals surface area contributed by atoms with Gasteiger partial charge in [-0.1, -0.05) is 103 Å². The Kier molecular flexibility index (Phi) is 16.2. The molecular weight excluding hydrogens is 433 g/mol. The molecule has 1 atom stereocenters. The number of nitrogens with one attached hydrogen (secondary N) is 1. The Labute approximate surface area is 177 Å². The lowest BCUT2D eigenvalue weighted by Crippen LogP contribution is -2.49. The van der Waals surface area contributed by atoms with Crippen LogP contribution in [0.3, 0.4) is 0 Å². The molecule has 1 aliphatic heterocycles. The van der Waals surface area contributed by atoms with Crippen molar-refractivity contribution >= 4 is 22.6 Å². The van der Waals surface area contributed by atoms with Crippen LogP contribution in [0.2, 0.25) is 0 Å². The third-order valence-electron chi connectivity index (χ3n) is 5.60. The smallest absolute Gasteiger partial charge is 0.0915 e. The summed E-state index contributed by atoms with van der Waals surface area (Å²) in [5.74, 6) is 3.23. The first-order valence-corrected chi connectivity index (χ1v) is 12.3. The lowest BCUT2D eigenvalue weighted by Gasteiger charge is -2.36. The Morgan fingerprint density at radius 2 is 1.38 bits per heavy atom. The molecule has 1 fully saturated rings. The van der Waals surface area contributed by atoms with Crippen LogP contribution in [0.25, 0.3) is 0 Å². The molecule has 1 heterocycles. The summed E-state index contributed by atoms with van der Waals surface area (Å²) in [5.41, 5.74) is -0.0203. The summed E-state index contributed by atoms with van der Waals surface area (Å²) in [7, 11) is 0. The molecule has 26 heavy (non-hydrogen) atoms. The molecule has 152 valence electrons. The van der Waals surface area contributed by atoms with E-state index >= 15 is 0 Å². The van der Waals surface area contributed by atoms with E-state index in [1.165, 1.54) is 89.9 Å². The number of ether oxygens (including phenoxy) is 1. The van der Waals surface area contributed by atoms with Gasteiger partial charge in [0.1, 0.15) is 0 Å². The van der Waals surface area contributed by atoms with Gasteiger partial charge in [-0.15, -0.1) is 0 Å². The predicted octanol–water partition coefficient (Wildman–Crippen LogP) is 7.00. The maximum atomic E-state index is 6.11. The van der Waals surface area contributed by atoms with E-state index in [0.717, 1.165) is 32.5 Å². The van der Waals surface area contributed by atoms with Crippen molar-refractivity contribution in [1.29, 1.82) is 0 Å². The fourth-order valence-electron chi connectivity index (χ4n) is 3.91. The summed E-state index contributed by atoms with van der Waals surface area (Å²) < 4.78 is 9.12. The summed E-state index contributed by atoms with van der Waals surface area (Å²) in [6, 6.07) is 0. The van der Waals surface area contributed by atoms with Gasteiger partial charge in [0.15, 0.2) is 0 Å². The minimum absolute atomic E-state index is 0.0203. The number of halogens is 1. The van der Waals surface area contributed by atoms with E-state index in [4.69, 9.17) is 4.74 Å². The molecule has 0 saturated carbocycles. The third-order valence-corrected chi connectivity index (χ3v) is 5.98. The molecule has 0 radical (unpaired) electrons. The summed E-state index contributed by atoms with van der Waals surface area (Å²) in [6.07, 6.45) is 21.8. The molecule has 1 aliphatic rings. The molecule has 3 heteroatoms. The number of hydrogen-bond donors (Lipinski definition) is 1. The topological polar surface area (TPSA) is 21.3 Å². The van der Waals surface area contributed by atoms with Gasteiger partial charge in [0.05, 0.1) is 12.2 Å². The lowest BCUT2D eigenvalue weighted by molar-refractivity contribution is -0.0688. The van der Waals surface area contributed by atoms with Crippen LogP contribution in [0.4, 0.5) is 0 Å². The normalized spacial score (nSPS) is 19.9. The molecule has 1 N–H and O–H groups in total. The monoisotopic (exact) mass is 475 g/mol. The Morgan fingerprint density at radius 3 is 1.85 bits per heavy atom. The van der Waals surface area contributed by atoms with Crippen molar-refractivity contribution in [2.24, 2.45) is 0 Å². The zero-order valence-corrected chi connectivity index (χ0v) is 19.4. The van der Waals surface area contributed by atoms with Gasteiger partial charge in [0.25, 0.3) is 0 Å². The van der Waals surface area contributed by atoms with E-state index in [9.17, 15) is 0 Å². The molecule has 0 aromatic carbocycles. The van der Waals surface area contributed by atoms with Crippen LogP contribution in [-0.4, -0.2) is 25.3 Å². The number of rotatable bonds is 16. The molecule has 0 aromatic heterocycles. The summed E-state index contributed by atoms with van der Waals surface area (Å²) in [4.78, 5) is 0. The Hall–Kier alpha value is 0.210. The SMILES string of the molecule is CCCCCCCCCCCCCCCCC1(CC#CI)CNCCO1. The van der Waals surface area contributed by atoms with E-state index in [0.29, 0.717) is 0 Å². The van der Waals surface area contributed by atoms with Gasteiger partial charge in [0, 0.05) is 42.1 Å². The highest BCUT2D eigenvalue weighted by molar-refractivity contribution is 14.1. The van der Waals surface area contributed by atoms with Crippen LogP contribution in [0, 0.1) is 9.85 Å². The first-order valence-electron chi connectivity index (χ1n) is 11.3. The molecular formula is C23H42INO. The van der Waals surface area contributed by atoms with Gasteiger partial charge in [-0.3, -0.25) is 0 Å². The summed E-state index contributed by atoms with van der Waals surface area (Å²) >= 11 is 2.13. The molecule has 0 amide bonds. The Balaban J connectivity index is 1.91. The van der Waals surface area contributed by atoms with Gasteiger partial charge >= 0.3 is 0 Å².